The normalized spacial score (nSPS) is 20.9. The molecule has 0 radical (unpaired) electrons. The van der Waals surface area contributed by atoms with Gasteiger partial charge in [-0.15, -0.1) is 11.3 Å². The fraction of sp³-hybridized carbons (Fsp3) is 0.571. The minimum atomic E-state index is 0.0373. The molecule has 1 unspecified atom stereocenters. The number of hydrogen-bond acceptors (Lipinski definition) is 5. The maximum Gasteiger partial charge on any atom is 0.271 e. The summed E-state index contributed by atoms with van der Waals surface area (Å²) in [7, 11) is 0. The van der Waals surface area contributed by atoms with Crippen LogP contribution in [0, 0.1) is 0 Å². The Labute approximate surface area is 121 Å². The van der Waals surface area contributed by atoms with Gasteiger partial charge >= 0.3 is 0 Å². The highest BCUT2D eigenvalue weighted by molar-refractivity contribution is 7.17. The first kappa shape index (κ1) is 13.7. The number of fused-ring (bicyclic) bond motifs is 1. The van der Waals surface area contributed by atoms with Crippen LogP contribution < -0.4 is 5.56 Å². The van der Waals surface area contributed by atoms with Crippen molar-refractivity contribution in [2.75, 3.05) is 19.7 Å². The van der Waals surface area contributed by atoms with E-state index in [1.54, 1.807) is 10.9 Å². The summed E-state index contributed by atoms with van der Waals surface area (Å²) in [6.45, 7) is 7.51. The molecule has 0 saturated carbocycles. The Hall–Kier alpha value is -1.24. The Morgan fingerprint density at radius 3 is 3.20 bits per heavy atom. The molecule has 1 aliphatic heterocycles. The number of morpholine rings is 1. The number of thiophene rings is 1. The maximum absolute atomic E-state index is 12.3. The Morgan fingerprint density at radius 1 is 1.55 bits per heavy atom. The lowest BCUT2D eigenvalue weighted by Crippen LogP contribution is -2.47. The van der Waals surface area contributed by atoms with E-state index in [1.807, 2.05) is 11.4 Å². The van der Waals surface area contributed by atoms with Gasteiger partial charge in [0.05, 0.1) is 31.1 Å². The highest BCUT2D eigenvalue weighted by Crippen LogP contribution is 2.14. The molecule has 3 rings (SSSR count). The van der Waals surface area contributed by atoms with Crippen molar-refractivity contribution in [1.29, 1.82) is 0 Å². The van der Waals surface area contributed by atoms with Crippen molar-refractivity contribution in [1.82, 2.24) is 14.5 Å². The average molecular weight is 293 g/mol. The molecule has 0 spiro atoms. The maximum atomic E-state index is 12.3. The van der Waals surface area contributed by atoms with Crippen LogP contribution in [0.4, 0.5) is 0 Å². The number of aromatic nitrogens is 2. The van der Waals surface area contributed by atoms with Gasteiger partial charge < -0.3 is 4.74 Å². The molecule has 6 heteroatoms. The molecule has 0 N–H and O–H groups in total. The van der Waals surface area contributed by atoms with Gasteiger partial charge in [-0.1, -0.05) is 0 Å². The van der Waals surface area contributed by atoms with Crippen LogP contribution in [0.3, 0.4) is 0 Å². The Balaban J connectivity index is 1.79. The third-order valence-electron chi connectivity index (χ3n) is 3.74. The van der Waals surface area contributed by atoms with Gasteiger partial charge in [0.15, 0.2) is 0 Å². The molecule has 5 nitrogen and oxygen atoms in total. The largest absolute Gasteiger partial charge is 0.374 e. The molecule has 2 aromatic heterocycles. The van der Waals surface area contributed by atoms with E-state index >= 15 is 0 Å². The van der Waals surface area contributed by atoms with Gasteiger partial charge in [-0.05, 0) is 25.3 Å². The molecule has 108 valence electrons. The van der Waals surface area contributed by atoms with Gasteiger partial charge in [-0.25, -0.2) is 4.98 Å². The summed E-state index contributed by atoms with van der Waals surface area (Å²) in [5.41, 5.74) is 0.819. The summed E-state index contributed by atoms with van der Waals surface area (Å²) in [6, 6.07) is 2.39. The SMILES string of the molecule is CC(C)N1CCOC(Cn2cnc3ccsc3c2=O)C1. The Bertz CT molecular complexity index is 649. The molecule has 0 aliphatic carbocycles. The van der Waals surface area contributed by atoms with Crippen LogP contribution in [0.1, 0.15) is 13.8 Å². The summed E-state index contributed by atoms with van der Waals surface area (Å²) in [5, 5.41) is 1.90. The zero-order chi connectivity index (χ0) is 14.1. The van der Waals surface area contributed by atoms with E-state index in [0.717, 1.165) is 29.9 Å². The van der Waals surface area contributed by atoms with Crippen LogP contribution >= 0.6 is 11.3 Å². The molecule has 0 aromatic carbocycles. The zero-order valence-electron chi connectivity index (χ0n) is 11.8. The van der Waals surface area contributed by atoms with E-state index in [2.05, 4.69) is 23.7 Å². The predicted molar refractivity (Wildman–Crippen MR) is 80.3 cm³/mol. The number of nitrogens with zero attached hydrogens (tertiary/aromatic N) is 3. The zero-order valence-corrected chi connectivity index (χ0v) is 12.6. The summed E-state index contributed by atoms with van der Waals surface area (Å²) >= 11 is 1.45. The number of ether oxygens (including phenoxy) is 1. The van der Waals surface area contributed by atoms with Gasteiger partial charge in [0, 0.05) is 19.1 Å². The monoisotopic (exact) mass is 293 g/mol. The second-order valence-electron chi connectivity index (χ2n) is 5.42. The molecule has 1 saturated heterocycles. The van der Waals surface area contributed by atoms with Crippen LogP contribution in [-0.4, -0.2) is 46.3 Å². The van der Waals surface area contributed by atoms with Crippen LogP contribution in [0.25, 0.3) is 10.2 Å². The summed E-state index contributed by atoms with van der Waals surface area (Å²) in [6.07, 6.45) is 1.69. The molecular formula is C14H19N3O2S. The van der Waals surface area contributed by atoms with E-state index < -0.39 is 0 Å². The van der Waals surface area contributed by atoms with Crippen molar-refractivity contribution in [2.45, 2.75) is 32.5 Å². The molecule has 1 aliphatic rings. The second-order valence-corrected chi connectivity index (χ2v) is 6.33. The van der Waals surface area contributed by atoms with Gasteiger partial charge in [0.1, 0.15) is 4.70 Å². The second kappa shape index (κ2) is 5.63. The summed E-state index contributed by atoms with van der Waals surface area (Å²) < 4.78 is 8.18. The van der Waals surface area contributed by atoms with Crippen molar-refractivity contribution >= 4 is 21.6 Å². The predicted octanol–water partition coefficient (Wildman–Crippen LogP) is 1.57. The van der Waals surface area contributed by atoms with Crippen molar-refractivity contribution in [2.24, 2.45) is 0 Å². The van der Waals surface area contributed by atoms with E-state index in [-0.39, 0.29) is 11.7 Å². The molecule has 20 heavy (non-hydrogen) atoms. The van der Waals surface area contributed by atoms with E-state index in [9.17, 15) is 4.79 Å². The van der Waals surface area contributed by atoms with Crippen molar-refractivity contribution < 1.29 is 4.74 Å². The minimum absolute atomic E-state index is 0.0373. The average Bonchev–Trinajstić information content (AvgIpc) is 2.91. The third kappa shape index (κ3) is 2.63. The Morgan fingerprint density at radius 2 is 2.40 bits per heavy atom. The van der Waals surface area contributed by atoms with Gasteiger partial charge in [0.2, 0.25) is 0 Å². The van der Waals surface area contributed by atoms with E-state index in [0.29, 0.717) is 12.6 Å². The topological polar surface area (TPSA) is 47.4 Å². The molecule has 2 aromatic rings. The molecule has 1 fully saturated rings. The number of rotatable bonds is 3. The van der Waals surface area contributed by atoms with Crippen LogP contribution in [0.2, 0.25) is 0 Å². The van der Waals surface area contributed by atoms with Crippen LogP contribution in [0.5, 0.6) is 0 Å². The highest BCUT2D eigenvalue weighted by atomic mass is 32.1. The van der Waals surface area contributed by atoms with Crippen molar-refractivity contribution in [3.63, 3.8) is 0 Å². The standard InChI is InChI=1S/C14H19N3O2S/c1-10(2)16-4-5-19-11(7-16)8-17-9-15-12-3-6-20-13(12)14(17)18/h3,6,9-11H,4-5,7-8H2,1-2H3. The summed E-state index contributed by atoms with van der Waals surface area (Å²) in [5.74, 6) is 0. The lowest BCUT2D eigenvalue weighted by Gasteiger charge is -2.35. The third-order valence-corrected chi connectivity index (χ3v) is 4.63. The van der Waals surface area contributed by atoms with Crippen molar-refractivity contribution in [3.8, 4) is 0 Å². The van der Waals surface area contributed by atoms with Crippen molar-refractivity contribution in [3.05, 3.63) is 28.1 Å². The lowest BCUT2D eigenvalue weighted by atomic mass is 10.2. The first-order chi connectivity index (χ1) is 9.65. The van der Waals surface area contributed by atoms with Crippen LogP contribution in [-0.2, 0) is 11.3 Å². The van der Waals surface area contributed by atoms with E-state index in [4.69, 9.17) is 4.74 Å². The van der Waals surface area contributed by atoms with Gasteiger partial charge in [-0.2, -0.15) is 0 Å². The molecular weight excluding hydrogens is 274 g/mol. The first-order valence-corrected chi connectivity index (χ1v) is 7.81. The molecule has 0 bridgehead atoms. The minimum Gasteiger partial charge on any atom is -0.374 e. The molecule has 3 heterocycles. The first-order valence-electron chi connectivity index (χ1n) is 6.93. The van der Waals surface area contributed by atoms with Gasteiger partial charge in [-0.3, -0.25) is 14.3 Å². The Kier molecular flexibility index (Phi) is 3.87. The molecule has 0 amide bonds. The smallest absolute Gasteiger partial charge is 0.271 e. The highest BCUT2D eigenvalue weighted by Gasteiger charge is 2.23. The van der Waals surface area contributed by atoms with Crippen LogP contribution in [0.15, 0.2) is 22.6 Å². The van der Waals surface area contributed by atoms with Gasteiger partial charge in [0.25, 0.3) is 5.56 Å². The van der Waals surface area contributed by atoms with E-state index in [1.165, 1.54) is 11.3 Å². The lowest BCUT2D eigenvalue weighted by molar-refractivity contribution is -0.0460. The fourth-order valence-electron chi connectivity index (χ4n) is 2.55. The summed E-state index contributed by atoms with van der Waals surface area (Å²) in [4.78, 5) is 19.1. The number of hydrogen-bond donors (Lipinski definition) is 0. The molecule has 1 atom stereocenters. The quantitative estimate of drug-likeness (QED) is 0.862. The fourth-order valence-corrected chi connectivity index (χ4v) is 3.34.